The molecule has 0 aromatic carbocycles. The summed E-state index contributed by atoms with van der Waals surface area (Å²) in [5, 5.41) is 7.91. The zero-order valence-electron chi connectivity index (χ0n) is 11.8. The van der Waals surface area contributed by atoms with Crippen molar-refractivity contribution < 1.29 is 0 Å². The molecule has 5 heteroatoms. The number of hydrogen-bond acceptors (Lipinski definition) is 4. The molecule has 1 unspecified atom stereocenters. The van der Waals surface area contributed by atoms with Crippen molar-refractivity contribution in [3.8, 4) is 0 Å². The van der Waals surface area contributed by atoms with E-state index in [0.29, 0.717) is 6.04 Å². The quantitative estimate of drug-likeness (QED) is 0.836. The van der Waals surface area contributed by atoms with Gasteiger partial charge in [0.2, 0.25) is 0 Å². The smallest absolute Gasteiger partial charge is 0.151 e. The molecule has 0 radical (unpaired) electrons. The maximum atomic E-state index is 4.29. The highest BCUT2D eigenvalue weighted by Crippen LogP contribution is 2.19. The molecular weight excluding hydrogens is 226 g/mol. The molecule has 1 N–H and O–H groups in total. The van der Waals surface area contributed by atoms with Gasteiger partial charge in [0.1, 0.15) is 6.33 Å². The van der Waals surface area contributed by atoms with E-state index in [2.05, 4.69) is 34.3 Å². The van der Waals surface area contributed by atoms with Gasteiger partial charge in [0, 0.05) is 26.1 Å². The van der Waals surface area contributed by atoms with Gasteiger partial charge in [-0.25, -0.2) is 4.98 Å². The molecule has 1 aliphatic rings. The molecule has 1 saturated heterocycles. The molecule has 5 nitrogen and oxygen atoms in total. The van der Waals surface area contributed by atoms with Crippen LogP contribution in [-0.2, 0) is 13.5 Å². The van der Waals surface area contributed by atoms with E-state index in [0.717, 1.165) is 24.7 Å². The predicted octanol–water partition coefficient (Wildman–Crippen LogP) is 0.677. The lowest BCUT2D eigenvalue weighted by atomic mass is 9.90. The summed E-state index contributed by atoms with van der Waals surface area (Å²) in [7, 11) is 4.12. The lowest BCUT2D eigenvalue weighted by molar-refractivity contribution is 0.190. The highest BCUT2D eigenvalue weighted by atomic mass is 15.3. The molecule has 1 aliphatic heterocycles. The standard InChI is InChI=1S/C13H25N5/c1-11(12-5-8-17(2)9-6-12)14-7-4-13-15-10-18(3)16-13/h10-12,14H,4-9H2,1-3H3. The van der Waals surface area contributed by atoms with Gasteiger partial charge in [-0.3, -0.25) is 4.68 Å². The Kier molecular flexibility index (Phi) is 4.72. The number of aryl methyl sites for hydroxylation is 1. The maximum Gasteiger partial charge on any atom is 0.151 e. The zero-order valence-corrected chi connectivity index (χ0v) is 11.8. The summed E-state index contributed by atoms with van der Waals surface area (Å²) in [5.41, 5.74) is 0. The Morgan fingerprint density at radius 2 is 2.11 bits per heavy atom. The fraction of sp³-hybridized carbons (Fsp3) is 0.846. The number of hydrogen-bond donors (Lipinski definition) is 1. The van der Waals surface area contributed by atoms with Gasteiger partial charge < -0.3 is 10.2 Å². The van der Waals surface area contributed by atoms with Gasteiger partial charge in [-0.05, 0) is 45.8 Å². The van der Waals surface area contributed by atoms with Crippen LogP contribution < -0.4 is 5.32 Å². The first kappa shape index (κ1) is 13.5. The van der Waals surface area contributed by atoms with Crippen LogP contribution in [0.4, 0.5) is 0 Å². The molecule has 2 rings (SSSR count). The van der Waals surface area contributed by atoms with Gasteiger partial charge in [0.15, 0.2) is 5.82 Å². The van der Waals surface area contributed by atoms with Crippen molar-refractivity contribution in [1.29, 1.82) is 0 Å². The van der Waals surface area contributed by atoms with Crippen molar-refractivity contribution in [2.24, 2.45) is 13.0 Å². The van der Waals surface area contributed by atoms with Crippen LogP contribution in [0.25, 0.3) is 0 Å². The van der Waals surface area contributed by atoms with E-state index in [9.17, 15) is 0 Å². The van der Waals surface area contributed by atoms with E-state index in [-0.39, 0.29) is 0 Å². The van der Waals surface area contributed by atoms with Crippen molar-refractivity contribution in [1.82, 2.24) is 25.0 Å². The van der Waals surface area contributed by atoms with Crippen molar-refractivity contribution in [3.63, 3.8) is 0 Å². The van der Waals surface area contributed by atoms with Gasteiger partial charge in [0.25, 0.3) is 0 Å². The number of likely N-dealkylation sites (tertiary alicyclic amines) is 1. The predicted molar refractivity (Wildman–Crippen MR) is 72.4 cm³/mol. The number of aromatic nitrogens is 3. The van der Waals surface area contributed by atoms with Crippen LogP contribution in [0.2, 0.25) is 0 Å². The Bertz CT molecular complexity index is 354. The summed E-state index contributed by atoms with van der Waals surface area (Å²) in [5.74, 6) is 1.75. The third-order valence-corrected chi connectivity index (χ3v) is 3.93. The minimum absolute atomic E-state index is 0.599. The van der Waals surface area contributed by atoms with E-state index < -0.39 is 0 Å². The molecule has 2 heterocycles. The topological polar surface area (TPSA) is 46.0 Å². The Morgan fingerprint density at radius 3 is 2.72 bits per heavy atom. The number of piperidine rings is 1. The second kappa shape index (κ2) is 6.29. The summed E-state index contributed by atoms with van der Waals surface area (Å²) in [4.78, 5) is 6.66. The van der Waals surface area contributed by atoms with E-state index in [1.807, 2.05) is 7.05 Å². The van der Waals surface area contributed by atoms with E-state index in [1.165, 1.54) is 25.9 Å². The SMILES string of the molecule is CC(NCCc1ncn(C)n1)C1CCN(C)CC1. The summed E-state index contributed by atoms with van der Waals surface area (Å²) >= 11 is 0. The van der Waals surface area contributed by atoms with Gasteiger partial charge in [-0.2, -0.15) is 5.10 Å². The lowest BCUT2D eigenvalue weighted by Crippen LogP contribution is -2.41. The minimum Gasteiger partial charge on any atom is -0.314 e. The van der Waals surface area contributed by atoms with Crippen molar-refractivity contribution in [3.05, 3.63) is 12.2 Å². The molecule has 1 atom stereocenters. The monoisotopic (exact) mass is 251 g/mol. The summed E-state index contributed by atoms with van der Waals surface area (Å²) < 4.78 is 1.76. The first-order valence-electron chi connectivity index (χ1n) is 6.91. The first-order valence-corrected chi connectivity index (χ1v) is 6.91. The van der Waals surface area contributed by atoms with Gasteiger partial charge in [-0.1, -0.05) is 0 Å². The molecule has 1 aromatic heterocycles. The van der Waals surface area contributed by atoms with Crippen molar-refractivity contribution in [2.45, 2.75) is 32.2 Å². The van der Waals surface area contributed by atoms with Crippen LogP contribution >= 0.6 is 0 Å². The molecular formula is C13H25N5. The van der Waals surface area contributed by atoms with Crippen LogP contribution in [0.3, 0.4) is 0 Å². The normalized spacial score (nSPS) is 20.2. The van der Waals surface area contributed by atoms with Crippen molar-refractivity contribution in [2.75, 3.05) is 26.7 Å². The van der Waals surface area contributed by atoms with Gasteiger partial charge in [0.05, 0.1) is 0 Å². The Balaban J connectivity index is 1.67. The largest absolute Gasteiger partial charge is 0.314 e. The average molecular weight is 251 g/mol. The van der Waals surface area contributed by atoms with Crippen LogP contribution in [0.15, 0.2) is 6.33 Å². The first-order chi connectivity index (χ1) is 8.65. The molecule has 18 heavy (non-hydrogen) atoms. The van der Waals surface area contributed by atoms with Crippen molar-refractivity contribution >= 4 is 0 Å². The van der Waals surface area contributed by atoms with Crippen LogP contribution in [0, 0.1) is 5.92 Å². The van der Waals surface area contributed by atoms with Crippen LogP contribution in [0.5, 0.6) is 0 Å². The molecule has 0 spiro atoms. The molecule has 1 fully saturated rings. The summed E-state index contributed by atoms with van der Waals surface area (Å²) in [6.45, 7) is 5.75. The number of rotatable bonds is 5. The van der Waals surface area contributed by atoms with Gasteiger partial charge in [-0.15, -0.1) is 0 Å². The Morgan fingerprint density at radius 1 is 1.39 bits per heavy atom. The molecule has 0 saturated carbocycles. The Labute approximate surface area is 110 Å². The summed E-state index contributed by atoms with van der Waals surface area (Å²) in [6, 6.07) is 0.599. The third-order valence-electron chi connectivity index (χ3n) is 3.93. The molecule has 0 amide bonds. The highest BCUT2D eigenvalue weighted by molar-refractivity contribution is 4.84. The second-order valence-corrected chi connectivity index (χ2v) is 5.47. The molecule has 102 valence electrons. The fourth-order valence-corrected chi connectivity index (χ4v) is 2.61. The fourth-order valence-electron chi connectivity index (χ4n) is 2.61. The zero-order chi connectivity index (χ0) is 13.0. The molecule has 1 aromatic rings. The third kappa shape index (κ3) is 3.78. The minimum atomic E-state index is 0.599. The van der Waals surface area contributed by atoms with E-state index >= 15 is 0 Å². The lowest BCUT2D eigenvalue weighted by Gasteiger charge is -2.33. The average Bonchev–Trinajstić information content (AvgIpc) is 2.76. The second-order valence-electron chi connectivity index (χ2n) is 5.47. The highest BCUT2D eigenvalue weighted by Gasteiger charge is 2.21. The van der Waals surface area contributed by atoms with E-state index in [1.54, 1.807) is 11.0 Å². The van der Waals surface area contributed by atoms with Gasteiger partial charge >= 0.3 is 0 Å². The molecule has 0 bridgehead atoms. The summed E-state index contributed by atoms with van der Waals surface area (Å²) in [6.07, 6.45) is 5.30. The molecule has 0 aliphatic carbocycles. The Hall–Kier alpha value is -0.940. The van der Waals surface area contributed by atoms with Crippen LogP contribution in [-0.4, -0.2) is 52.4 Å². The maximum absolute atomic E-state index is 4.29. The van der Waals surface area contributed by atoms with Crippen LogP contribution in [0.1, 0.15) is 25.6 Å². The van der Waals surface area contributed by atoms with E-state index in [4.69, 9.17) is 0 Å². The number of nitrogens with zero attached hydrogens (tertiary/aromatic N) is 4. The number of nitrogens with one attached hydrogen (secondary N) is 1.